The third kappa shape index (κ3) is 7.91. The number of carbonyl (C=O) groups is 4. The fraction of sp³-hybridized carbons (Fsp3) is 0.474. The lowest BCUT2D eigenvalue weighted by Crippen LogP contribution is -2.57. The van der Waals surface area contributed by atoms with Crippen LogP contribution in [-0.2, 0) is 25.6 Å². The van der Waals surface area contributed by atoms with E-state index in [2.05, 4.69) is 28.6 Å². The van der Waals surface area contributed by atoms with Crippen LogP contribution in [0, 0.1) is 5.92 Å². The summed E-state index contributed by atoms with van der Waals surface area (Å²) in [5, 5.41) is 26.0. The highest BCUT2D eigenvalue weighted by molar-refractivity contribution is 7.80. The summed E-state index contributed by atoms with van der Waals surface area (Å²) in [6.07, 6.45) is 0.0858. The molecule has 3 atom stereocenters. The van der Waals surface area contributed by atoms with Crippen LogP contribution in [0.1, 0.15) is 19.4 Å². The monoisotopic (exact) mass is 440 g/mol. The van der Waals surface area contributed by atoms with E-state index in [-0.39, 0.29) is 30.4 Å². The smallest absolute Gasteiger partial charge is 0.326 e. The molecule has 166 valence electrons. The Bertz CT molecular complexity index is 756. The molecule has 0 heterocycles. The molecule has 0 saturated heterocycles. The molecule has 0 bridgehead atoms. The van der Waals surface area contributed by atoms with Gasteiger partial charge >= 0.3 is 5.97 Å². The lowest BCUT2D eigenvalue weighted by Gasteiger charge is -2.24. The molecule has 3 amide bonds. The van der Waals surface area contributed by atoms with Crippen LogP contribution < -0.4 is 21.7 Å². The number of phenolic OH excluding ortho intramolecular Hbond substituents is 1. The molecule has 7 N–H and O–H groups in total. The molecule has 1 aromatic carbocycles. The summed E-state index contributed by atoms with van der Waals surface area (Å²) in [5.74, 6) is -3.51. The minimum Gasteiger partial charge on any atom is -0.508 e. The zero-order chi connectivity index (χ0) is 22.8. The highest BCUT2D eigenvalue weighted by atomic mass is 32.1. The largest absolute Gasteiger partial charge is 0.508 e. The van der Waals surface area contributed by atoms with Gasteiger partial charge in [0.05, 0.1) is 6.54 Å². The summed E-state index contributed by atoms with van der Waals surface area (Å²) in [4.78, 5) is 48.2. The number of nitrogens with two attached hydrogens (primary N) is 1. The van der Waals surface area contributed by atoms with Gasteiger partial charge in [-0.1, -0.05) is 26.0 Å². The average molecular weight is 441 g/mol. The number of nitrogens with one attached hydrogen (secondary N) is 3. The van der Waals surface area contributed by atoms with Gasteiger partial charge in [-0.2, -0.15) is 12.6 Å². The molecule has 0 radical (unpaired) electrons. The van der Waals surface area contributed by atoms with E-state index < -0.39 is 41.8 Å². The minimum absolute atomic E-state index is 0.0516. The zero-order valence-electron chi connectivity index (χ0n) is 16.8. The maximum atomic E-state index is 12.7. The second kappa shape index (κ2) is 12.0. The first kappa shape index (κ1) is 25.2. The number of aliphatic carboxylic acids is 1. The van der Waals surface area contributed by atoms with Crippen molar-refractivity contribution in [2.24, 2.45) is 11.7 Å². The van der Waals surface area contributed by atoms with Gasteiger partial charge in [0.25, 0.3) is 0 Å². The van der Waals surface area contributed by atoms with Gasteiger partial charge in [-0.3, -0.25) is 14.4 Å². The van der Waals surface area contributed by atoms with Gasteiger partial charge in [0.2, 0.25) is 17.7 Å². The highest BCUT2D eigenvalue weighted by Crippen LogP contribution is 2.12. The van der Waals surface area contributed by atoms with E-state index in [0.29, 0.717) is 5.56 Å². The average Bonchev–Trinajstić information content (AvgIpc) is 2.70. The van der Waals surface area contributed by atoms with Gasteiger partial charge in [-0.05, 0) is 23.6 Å². The van der Waals surface area contributed by atoms with Gasteiger partial charge in [0, 0.05) is 12.2 Å². The van der Waals surface area contributed by atoms with Crippen LogP contribution in [0.2, 0.25) is 0 Å². The van der Waals surface area contributed by atoms with Crippen molar-refractivity contribution in [3.63, 3.8) is 0 Å². The Morgan fingerprint density at radius 3 is 2.03 bits per heavy atom. The molecular weight excluding hydrogens is 412 g/mol. The molecule has 3 unspecified atom stereocenters. The van der Waals surface area contributed by atoms with Crippen LogP contribution in [0.15, 0.2) is 24.3 Å². The molecule has 0 aliphatic carbocycles. The van der Waals surface area contributed by atoms with Gasteiger partial charge in [-0.25, -0.2) is 4.79 Å². The first-order chi connectivity index (χ1) is 14.1. The summed E-state index contributed by atoms with van der Waals surface area (Å²) >= 11 is 4.06. The van der Waals surface area contributed by atoms with Crippen molar-refractivity contribution in [1.29, 1.82) is 0 Å². The lowest BCUT2D eigenvalue weighted by molar-refractivity contribution is -0.143. The number of carboxylic acids is 1. The number of benzene rings is 1. The van der Waals surface area contributed by atoms with E-state index in [4.69, 9.17) is 5.73 Å². The Balaban J connectivity index is 2.92. The van der Waals surface area contributed by atoms with Crippen molar-refractivity contribution in [3.8, 4) is 5.75 Å². The molecular formula is C19H28N4O6S. The molecule has 0 aliphatic heterocycles. The lowest BCUT2D eigenvalue weighted by atomic mass is 10.0. The maximum absolute atomic E-state index is 12.7. The Labute approximate surface area is 180 Å². The third-order valence-electron chi connectivity index (χ3n) is 4.26. The van der Waals surface area contributed by atoms with E-state index >= 15 is 0 Å². The molecule has 0 saturated carbocycles. The Kier molecular flexibility index (Phi) is 10.1. The number of carboxylic acid groups (broad SMARTS) is 1. The standard InChI is InChI=1S/C19H28N4O6S/c1-10(2)16(19(28)29)23-18(27)14(9-30)22-17(26)13(21-15(25)8-20)7-11-3-5-12(24)6-4-11/h3-6,10,13-14,16,24,30H,7-9,20H2,1-2H3,(H,21,25)(H,22,26)(H,23,27)(H,28,29). The van der Waals surface area contributed by atoms with Crippen LogP contribution in [0.5, 0.6) is 5.75 Å². The number of aromatic hydroxyl groups is 1. The molecule has 30 heavy (non-hydrogen) atoms. The second-order valence-electron chi connectivity index (χ2n) is 7.01. The maximum Gasteiger partial charge on any atom is 0.326 e. The van der Waals surface area contributed by atoms with Gasteiger partial charge in [0.1, 0.15) is 23.9 Å². The third-order valence-corrected chi connectivity index (χ3v) is 4.62. The molecule has 0 spiro atoms. The normalized spacial score (nSPS) is 13.8. The van der Waals surface area contributed by atoms with E-state index in [1.165, 1.54) is 12.1 Å². The van der Waals surface area contributed by atoms with Crippen molar-refractivity contribution < 1.29 is 29.4 Å². The fourth-order valence-corrected chi connectivity index (χ4v) is 2.82. The Morgan fingerprint density at radius 1 is 1.00 bits per heavy atom. The highest BCUT2D eigenvalue weighted by Gasteiger charge is 2.30. The molecule has 11 heteroatoms. The van der Waals surface area contributed by atoms with E-state index in [9.17, 15) is 29.4 Å². The Morgan fingerprint density at radius 2 is 1.57 bits per heavy atom. The number of hydrogen-bond acceptors (Lipinski definition) is 7. The first-order valence-electron chi connectivity index (χ1n) is 9.30. The predicted octanol–water partition coefficient (Wildman–Crippen LogP) is -0.982. The minimum atomic E-state index is -1.19. The van der Waals surface area contributed by atoms with Crippen molar-refractivity contribution in [3.05, 3.63) is 29.8 Å². The van der Waals surface area contributed by atoms with Crippen molar-refractivity contribution >= 4 is 36.3 Å². The number of thiol groups is 1. The zero-order valence-corrected chi connectivity index (χ0v) is 17.7. The molecule has 0 aromatic heterocycles. The number of carbonyl (C=O) groups excluding carboxylic acids is 3. The number of amides is 3. The molecule has 10 nitrogen and oxygen atoms in total. The predicted molar refractivity (Wildman–Crippen MR) is 113 cm³/mol. The van der Waals surface area contributed by atoms with Crippen molar-refractivity contribution in [1.82, 2.24) is 16.0 Å². The van der Waals surface area contributed by atoms with E-state index in [1.807, 2.05) is 0 Å². The molecule has 0 fully saturated rings. The topological polar surface area (TPSA) is 171 Å². The number of hydrogen-bond donors (Lipinski definition) is 7. The van der Waals surface area contributed by atoms with E-state index in [1.54, 1.807) is 26.0 Å². The fourth-order valence-electron chi connectivity index (χ4n) is 2.56. The quantitative estimate of drug-likeness (QED) is 0.217. The van der Waals surface area contributed by atoms with Crippen molar-refractivity contribution in [2.75, 3.05) is 12.3 Å². The van der Waals surface area contributed by atoms with Gasteiger partial charge < -0.3 is 31.9 Å². The SMILES string of the molecule is CC(C)C(NC(=O)C(CS)NC(=O)C(Cc1ccc(O)cc1)NC(=O)CN)C(=O)O. The molecule has 1 aromatic rings. The van der Waals surface area contributed by atoms with Crippen LogP contribution in [0.3, 0.4) is 0 Å². The summed E-state index contributed by atoms with van der Waals surface area (Å²) in [5.41, 5.74) is 5.97. The van der Waals surface area contributed by atoms with Crippen LogP contribution in [0.4, 0.5) is 0 Å². The number of rotatable bonds is 11. The molecule has 1 rings (SSSR count). The van der Waals surface area contributed by atoms with Crippen LogP contribution in [0.25, 0.3) is 0 Å². The number of phenols is 1. The van der Waals surface area contributed by atoms with E-state index in [0.717, 1.165) is 0 Å². The van der Waals surface area contributed by atoms with Gasteiger partial charge in [0.15, 0.2) is 0 Å². The summed E-state index contributed by atoms with van der Waals surface area (Å²) in [6.45, 7) is 2.96. The molecule has 0 aliphatic rings. The summed E-state index contributed by atoms with van der Waals surface area (Å²) in [6, 6.07) is 2.79. The summed E-state index contributed by atoms with van der Waals surface area (Å²) in [7, 11) is 0. The van der Waals surface area contributed by atoms with Crippen LogP contribution >= 0.6 is 12.6 Å². The first-order valence-corrected chi connectivity index (χ1v) is 9.94. The second-order valence-corrected chi connectivity index (χ2v) is 7.37. The van der Waals surface area contributed by atoms with Crippen LogP contribution in [-0.4, -0.2) is 64.3 Å². The summed E-state index contributed by atoms with van der Waals surface area (Å²) < 4.78 is 0. The van der Waals surface area contributed by atoms with Gasteiger partial charge in [-0.15, -0.1) is 0 Å². The van der Waals surface area contributed by atoms with Crippen molar-refractivity contribution in [2.45, 2.75) is 38.4 Å². The Hall–Kier alpha value is -2.79.